The number of aryl methyl sites for hydroxylation is 3. The highest BCUT2D eigenvalue weighted by atomic mass is 16.1. The molecule has 21 heavy (non-hydrogen) atoms. The second-order valence-electron chi connectivity index (χ2n) is 5.35. The smallest absolute Gasteiger partial charge is 0.240 e. The minimum atomic E-state index is -0.00363. The maximum Gasteiger partial charge on any atom is 0.240 e. The van der Waals surface area contributed by atoms with Crippen LogP contribution < -0.4 is 5.32 Å². The number of nitrogens with zero attached hydrogens (tertiary/aromatic N) is 4. The van der Waals surface area contributed by atoms with Gasteiger partial charge < -0.3 is 9.88 Å². The lowest BCUT2D eigenvalue weighted by Gasteiger charge is -2.15. The Morgan fingerprint density at radius 2 is 2.19 bits per heavy atom. The summed E-state index contributed by atoms with van der Waals surface area (Å²) in [5.41, 5.74) is 2.11. The van der Waals surface area contributed by atoms with Gasteiger partial charge in [0.15, 0.2) is 0 Å². The summed E-state index contributed by atoms with van der Waals surface area (Å²) in [6.07, 6.45) is 4.38. The predicted molar refractivity (Wildman–Crippen MR) is 81.0 cm³/mol. The van der Waals surface area contributed by atoms with Gasteiger partial charge in [-0.2, -0.15) is 5.10 Å². The summed E-state index contributed by atoms with van der Waals surface area (Å²) in [6, 6.07) is 2.17. The lowest BCUT2D eigenvalue weighted by Crippen LogP contribution is -2.33. The molecule has 0 bridgehead atoms. The van der Waals surface area contributed by atoms with Crippen LogP contribution in [0.25, 0.3) is 0 Å². The van der Waals surface area contributed by atoms with E-state index in [0.717, 1.165) is 23.6 Å². The van der Waals surface area contributed by atoms with Crippen molar-refractivity contribution in [1.29, 1.82) is 0 Å². The molecule has 1 N–H and O–H groups in total. The van der Waals surface area contributed by atoms with E-state index >= 15 is 0 Å². The van der Waals surface area contributed by atoms with Gasteiger partial charge in [-0.15, -0.1) is 0 Å². The average Bonchev–Trinajstić information content (AvgIpc) is 3.02. The Morgan fingerprint density at radius 3 is 2.81 bits per heavy atom. The Morgan fingerprint density at radius 1 is 1.43 bits per heavy atom. The molecule has 1 atom stereocenters. The van der Waals surface area contributed by atoms with Crippen LogP contribution in [0, 0.1) is 13.8 Å². The third-order valence-electron chi connectivity index (χ3n) is 3.49. The van der Waals surface area contributed by atoms with Gasteiger partial charge in [0.05, 0.1) is 11.7 Å². The minimum Gasteiger partial charge on any atom is -0.352 e. The highest BCUT2D eigenvalue weighted by molar-refractivity contribution is 5.75. The Balaban J connectivity index is 1.88. The van der Waals surface area contributed by atoms with E-state index in [1.54, 1.807) is 6.20 Å². The number of imidazole rings is 1. The van der Waals surface area contributed by atoms with Gasteiger partial charge in [-0.1, -0.05) is 6.92 Å². The molecule has 2 rings (SSSR count). The Bertz CT molecular complexity index is 613. The maximum absolute atomic E-state index is 12.0. The van der Waals surface area contributed by atoms with E-state index in [4.69, 9.17) is 0 Å². The van der Waals surface area contributed by atoms with E-state index in [2.05, 4.69) is 22.3 Å². The van der Waals surface area contributed by atoms with Gasteiger partial charge in [-0.3, -0.25) is 9.48 Å². The fourth-order valence-corrected chi connectivity index (χ4v) is 2.45. The van der Waals surface area contributed by atoms with Crippen molar-refractivity contribution >= 4 is 5.91 Å². The zero-order valence-corrected chi connectivity index (χ0v) is 13.1. The van der Waals surface area contributed by atoms with Crippen LogP contribution in [-0.2, 0) is 17.8 Å². The molecule has 2 aromatic rings. The zero-order chi connectivity index (χ0) is 15.4. The van der Waals surface area contributed by atoms with Crippen LogP contribution in [0.3, 0.4) is 0 Å². The molecular formula is C15H23N5O. The zero-order valence-electron chi connectivity index (χ0n) is 13.1. The largest absolute Gasteiger partial charge is 0.352 e. The molecule has 0 saturated carbocycles. The predicted octanol–water partition coefficient (Wildman–Crippen LogP) is 1.64. The topological polar surface area (TPSA) is 64.7 Å². The van der Waals surface area contributed by atoms with E-state index in [-0.39, 0.29) is 11.9 Å². The molecular weight excluding hydrogens is 266 g/mol. The molecule has 0 fully saturated rings. The van der Waals surface area contributed by atoms with Crippen molar-refractivity contribution in [3.05, 3.63) is 35.7 Å². The average molecular weight is 289 g/mol. The number of rotatable bonds is 6. The Kier molecular flexibility index (Phi) is 4.77. The fraction of sp³-hybridized carbons (Fsp3) is 0.533. The van der Waals surface area contributed by atoms with Gasteiger partial charge in [-0.05, 0) is 26.8 Å². The SMILES string of the molecule is CCc1nccn1CC(=O)NC[C@H](C)n1nc(C)cc1C. The first-order valence-corrected chi connectivity index (χ1v) is 7.30. The van der Waals surface area contributed by atoms with Gasteiger partial charge in [-0.25, -0.2) is 4.98 Å². The molecule has 114 valence electrons. The van der Waals surface area contributed by atoms with Crippen molar-refractivity contribution in [1.82, 2.24) is 24.6 Å². The van der Waals surface area contributed by atoms with Crippen LogP contribution in [-0.4, -0.2) is 31.8 Å². The molecule has 0 aromatic carbocycles. The molecule has 6 nitrogen and oxygen atoms in total. The van der Waals surface area contributed by atoms with Crippen LogP contribution in [0.1, 0.15) is 37.1 Å². The first-order valence-electron chi connectivity index (χ1n) is 7.30. The number of amides is 1. The van der Waals surface area contributed by atoms with E-state index in [1.807, 2.05) is 42.3 Å². The third-order valence-corrected chi connectivity index (χ3v) is 3.49. The molecule has 0 spiro atoms. The lowest BCUT2D eigenvalue weighted by molar-refractivity contribution is -0.121. The third kappa shape index (κ3) is 3.71. The van der Waals surface area contributed by atoms with Crippen molar-refractivity contribution in [2.75, 3.05) is 6.54 Å². The van der Waals surface area contributed by atoms with Crippen molar-refractivity contribution in [2.24, 2.45) is 0 Å². The van der Waals surface area contributed by atoms with E-state index in [9.17, 15) is 4.79 Å². The molecule has 0 radical (unpaired) electrons. The normalized spacial score (nSPS) is 12.4. The molecule has 0 aliphatic rings. The van der Waals surface area contributed by atoms with Crippen LogP contribution in [0.5, 0.6) is 0 Å². The molecule has 2 aromatic heterocycles. The number of carbonyl (C=O) groups excluding carboxylic acids is 1. The van der Waals surface area contributed by atoms with Crippen molar-refractivity contribution in [3.63, 3.8) is 0 Å². The quantitative estimate of drug-likeness (QED) is 0.879. The van der Waals surface area contributed by atoms with Crippen molar-refractivity contribution in [3.8, 4) is 0 Å². The molecule has 0 aliphatic carbocycles. The minimum absolute atomic E-state index is 0.00363. The van der Waals surface area contributed by atoms with Crippen molar-refractivity contribution < 1.29 is 4.79 Å². The summed E-state index contributed by atoms with van der Waals surface area (Å²) in [5.74, 6) is 0.924. The summed E-state index contributed by atoms with van der Waals surface area (Å²) < 4.78 is 3.83. The van der Waals surface area contributed by atoms with Crippen LogP contribution in [0.4, 0.5) is 0 Å². The Labute approximate surface area is 125 Å². The summed E-state index contributed by atoms with van der Waals surface area (Å²) in [5, 5.41) is 7.40. The number of hydrogen-bond donors (Lipinski definition) is 1. The second-order valence-corrected chi connectivity index (χ2v) is 5.35. The van der Waals surface area contributed by atoms with Gasteiger partial charge in [0.25, 0.3) is 0 Å². The molecule has 0 aliphatic heterocycles. The van der Waals surface area contributed by atoms with Gasteiger partial charge >= 0.3 is 0 Å². The lowest BCUT2D eigenvalue weighted by atomic mass is 10.3. The molecule has 6 heteroatoms. The van der Waals surface area contributed by atoms with Gasteiger partial charge in [0, 0.05) is 31.1 Å². The number of hydrogen-bond acceptors (Lipinski definition) is 3. The number of nitrogens with one attached hydrogen (secondary N) is 1. The van der Waals surface area contributed by atoms with Gasteiger partial charge in [0.1, 0.15) is 12.4 Å². The fourth-order valence-electron chi connectivity index (χ4n) is 2.45. The van der Waals surface area contributed by atoms with Crippen molar-refractivity contribution in [2.45, 2.75) is 46.7 Å². The number of aromatic nitrogens is 4. The van der Waals surface area contributed by atoms with E-state index in [0.29, 0.717) is 13.1 Å². The standard InChI is InChI=1S/C15H23N5O/c1-5-14-16-6-7-19(14)10-15(21)17-9-13(4)20-12(3)8-11(2)18-20/h6-8,13H,5,9-10H2,1-4H3,(H,17,21)/t13-/m0/s1. The summed E-state index contributed by atoms with van der Waals surface area (Å²) in [4.78, 5) is 16.2. The molecule has 1 amide bonds. The first kappa shape index (κ1) is 15.3. The molecule has 0 saturated heterocycles. The highest BCUT2D eigenvalue weighted by Gasteiger charge is 2.12. The summed E-state index contributed by atoms with van der Waals surface area (Å²) in [7, 11) is 0. The van der Waals surface area contributed by atoms with Crippen LogP contribution in [0.15, 0.2) is 18.5 Å². The summed E-state index contributed by atoms with van der Waals surface area (Å²) >= 11 is 0. The Hall–Kier alpha value is -2.11. The van der Waals surface area contributed by atoms with Gasteiger partial charge in [0.2, 0.25) is 5.91 Å². The first-order chi connectivity index (χ1) is 10.0. The summed E-state index contributed by atoms with van der Waals surface area (Å²) in [6.45, 7) is 8.96. The monoisotopic (exact) mass is 289 g/mol. The number of carbonyl (C=O) groups is 1. The van der Waals surface area contributed by atoms with E-state index in [1.165, 1.54) is 0 Å². The maximum atomic E-state index is 12.0. The van der Waals surface area contributed by atoms with Crippen LogP contribution in [0.2, 0.25) is 0 Å². The second kappa shape index (κ2) is 6.56. The van der Waals surface area contributed by atoms with Crippen LogP contribution >= 0.6 is 0 Å². The molecule has 2 heterocycles. The molecule has 0 unspecified atom stereocenters. The van der Waals surface area contributed by atoms with E-state index < -0.39 is 0 Å². The highest BCUT2D eigenvalue weighted by Crippen LogP contribution is 2.09.